The molecule has 1 heterocycles. The normalized spacial score (nSPS) is 11.5. The lowest BCUT2D eigenvalue weighted by Crippen LogP contribution is -2.31. The molecule has 7 heteroatoms. The molecule has 154 valence electrons. The minimum atomic E-state index is 0.595. The number of rotatable bonds is 8. The summed E-state index contributed by atoms with van der Waals surface area (Å²) in [6.07, 6.45) is 0.953. The fraction of sp³-hybridized carbons (Fsp3) is 0.364. The van der Waals surface area contributed by atoms with Crippen LogP contribution >= 0.6 is 0 Å². The van der Waals surface area contributed by atoms with Crippen LogP contribution in [0.5, 0.6) is 11.5 Å². The number of aromatic nitrogens is 2. The number of anilines is 1. The Hall–Kier alpha value is -3.22. The lowest BCUT2D eigenvalue weighted by molar-refractivity contribution is 0.311. The van der Waals surface area contributed by atoms with Crippen molar-refractivity contribution in [3.05, 3.63) is 48.3 Å². The molecule has 0 spiro atoms. The molecule has 3 aromatic rings. The number of aryl methyl sites for hydroxylation is 2. The monoisotopic (exact) mass is 395 g/mol. The van der Waals surface area contributed by atoms with Crippen molar-refractivity contribution >= 4 is 22.7 Å². The van der Waals surface area contributed by atoms with E-state index in [9.17, 15) is 0 Å². The molecule has 7 nitrogen and oxygen atoms in total. The van der Waals surface area contributed by atoms with Gasteiger partial charge in [0.1, 0.15) is 5.82 Å². The van der Waals surface area contributed by atoms with E-state index in [4.69, 9.17) is 9.47 Å². The molecule has 0 bridgehead atoms. The first-order valence-corrected chi connectivity index (χ1v) is 9.86. The van der Waals surface area contributed by atoms with Crippen molar-refractivity contribution in [2.75, 3.05) is 32.6 Å². The highest BCUT2D eigenvalue weighted by molar-refractivity contribution is 5.93. The molecule has 2 N–H and O–H groups in total. The van der Waals surface area contributed by atoms with Gasteiger partial charge in [0.05, 0.1) is 24.8 Å². The van der Waals surface area contributed by atoms with Gasteiger partial charge >= 0.3 is 0 Å². The Bertz CT molecular complexity index is 980. The minimum absolute atomic E-state index is 0.595. The molecule has 0 radical (unpaired) electrons. The number of nitrogens with zero attached hydrogens (tertiary/aromatic N) is 3. The Kier molecular flexibility index (Phi) is 6.94. The molecule has 1 aromatic heterocycles. The third-order valence-corrected chi connectivity index (χ3v) is 4.65. The number of ether oxygens (including phenoxy) is 2. The highest BCUT2D eigenvalue weighted by atomic mass is 16.5. The quantitative estimate of drug-likeness (QED) is 0.345. The number of imidazole rings is 1. The highest BCUT2D eigenvalue weighted by Crippen LogP contribution is 2.30. The molecule has 0 atom stereocenters. The summed E-state index contributed by atoms with van der Waals surface area (Å²) in [5, 5.41) is 6.65. The van der Waals surface area contributed by atoms with Crippen molar-refractivity contribution in [3.8, 4) is 11.5 Å². The third kappa shape index (κ3) is 4.99. The maximum absolute atomic E-state index is 5.56. The van der Waals surface area contributed by atoms with Gasteiger partial charge in [0, 0.05) is 31.9 Å². The summed E-state index contributed by atoms with van der Waals surface area (Å²) in [6, 6.07) is 14.0. The van der Waals surface area contributed by atoms with Gasteiger partial charge in [-0.1, -0.05) is 12.1 Å². The van der Waals surface area contributed by atoms with Crippen LogP contribution in [0.4, 0.5) is 5.69 Å². The summed E-state index contributed by atoms with van der Waals surface area (Å²) in [4.78, 5) is 8.92. The Balaban J connectivity index is 1.55. The van der Waals surface area contributed by atoms with E-state index in [1.807, 2.05) is 44.2 Å². The van der Waals surface area contributed by atoms with Crippen molar-refractivity contribution in [1.82, 2.24) is 14.9 Å². The van der Waals surface area contributed by atoms with Crippen LogP contribution in [-0.4, -0.2) is 42.8 Å². The summed E-state index contributed by atoms with van der Waals surface area (Å²) < 4.78 is 13.2. The third-order valence-electron chi connectivity index (χ3n) is 4.65. The topological polar surface area (TPSA) is 72.7 Å². The number of methoxy groups -OCH3 is 1. The molecule has 2 aromatic carbocycles. The fourth-order valence-electron chi connectivity index (χ4n) is 3.26. The second-order valence-corrected chi connectivity index (χ2v) is 6.58. The molecule has 0 aliphatic rings. The van der Waals surface area contributed by atoms with E-state index < -0.39 is 0 Å². The first-order valence-electron chi connectivity index (χ1n) is 9.86. The first kappa shape index (κ1) is 20.5. The Morgan fingerprint density at radius 3 is 2.76 bits per heavy atom. The van der Waals surface area contributed by atoms with Gasteiger partial charge < -0.3 is 24.7 Å². The summed E-state index contributed by atoms with van der Waals surface area (Å²) >= 11 is 0. The fourth-order valence-corrected chi connectivity index (χ4v) is 3.26. The Morgan fingerprint density at radius 2 is 2.00 bits per heavy atom. The number of hydrogen-bond acceptors (Lipinski definition) is 4. The van der Waals surface area contributed by atoms with Gasteiger partial charge in [0.2, 0.25) is 0 Å². The van der Waals surface area contributed by atoms with E-state index in [-0.39, 0.29) is 0 Å². The number of fused-ring (bicyclic) bond motifs is 1. The van der Waals surface area contributed by atoms with Crippen LogP contribution in [0.2, 0.25) is 0 Å². The van der Waals surface area contributed by atoms with Gasteiger partial charge in [-0.15, -0.1) is 0 Å². The van der Waals surface area contributed by atoms with Crippen molar-refractivity contribution in [1.29, 1.82) is 0 Å². The van der Waals surface area contributed by atoms with Crippen molar-refractivity contribution < 1.29 is 9.47 Å². The maximum Gasteiger partial charge on any atom is 0.195 e. The standard InChI is InChI=1S/C22H29N5O2/c1-5-29-20-12-11-17(15-21(20)28-4)26-22(23-3)24-13-8-14-27-16(2)25-18-9-6-7-10-19(18)27/h6-7,9-12,15H,5,8,13-14H2,1-4H3,(H2,23,24,26). The summed E-state index contributed by atoms with van der Waals surface area (Å²) in [7, 11) is 3.39. The number of nitrogens with one attached hydrogen (secondary N) is 2. The Morgan fingerprint density at radius 1 is 1.17 bits per heavy atom. The molecule has 0 aliphatic carbocycles. The zero-order chi connectivity index (χ0) is 20.6. The van der Waals surface area contributed by atoms with Gasteiger partial charge in [0.25, 0.3) is 0 Å². The molecule has 0 unspecified atom stereocenters. The first-order chi connectivity index (χ1) is 14.2. The summed E-state index contributed by atoms with van der Waals surface area (Å²) in [5.74, 6) is 3.17. The van der Waals surface area contributed by atoms with Gasteiger partial charge in [-0.2, -0.15) is 0 Å². The molecule has 0 aliphatic heterocycles. The molecule has 0 saturated heterocycles. The summed E-state index contributed by atoms with van der Waals surface area (Å²) in [6.45, 7) is 6.28. The van der Waals surface area contributed by atoms with Crippen LogP contribution in [0, 0.1) is 6.92 Å². The number of aliphatic imine (C=N–C) groups is 1. The van der Waals surface area contributed by atoms with Crippen molar-refractivity contribution in [3.63, 3.8) is 0 Å². The predicted molar refractivity (Wildman–Crippen MR) is 118 cm³/mol. The molecule has 3 rings (SSSR count). The van der Waals surface area contributed by atoms with E-state index in [0.29, 0.717) is 18.3 Å². The lowest BCUT2D eigenvalue weighted by Gasteiger charge is -2.15. The van der Waals surface area contributed by atoms with Crippen LogP contribution in [0.15, 0.2) is 47.5 Å². The molecular weight excluding hydrogens is 366 g/mol. The molecule has 0 fully saturated rings. The van der Waals surface area contributed by atoms with E-state index in [0.717, 1.165) is 42.3 Å². The van der Waals surface area contributed by atoms with E-state index in [1.54, 1.807) is 14.2 Å². The molecule has 29 heavy (non-hydrogen) atoms. The summed E-state index contributed by atoms with van der Waals surface area (Å²) in [5.41, 5.74) is 3.10. The average Bonchev–Trinajstić information content (AvgIpc) is 3.06. The predicted octanol–water partition coefficient (Wildman–Crippen LogP) is 3.83. The number of benzene rings is 2. The van der Waals surface area contributed by atoms with Crippen LogP contribution in [-0.2, 0) is 6.54 Å². The van der Waals surface area contributed by atoms with Crippen molar-refractivity contribution in [2.24, 2.45) is 4.99 Å². The van der Waals surface area contributed by atoms with E-state index >= 15 is 0 Å². The molecule has 0 amide bonds. The smallest absolute Gasteiger partial charge is 0.195 e. The van der Waals surface area contributed by atoms with E-state index in [2.05, 4.69) is 37.3 Å². The van der Waals surface area contributed by atoms with Crippen molar-refractivity contribution in [2.45, 2.75) is 26.8 Å². The Labute approximate surface area is 171 Å². The number of guanidine groups is 1. The van der Waals surface area contributed by atoms with Crippen LogP contribution in [0.25, 0.3) is 11.0 Å². The van der Waals surface area contributed by atoms with Gasteiger partial charge in [-0.25, -0.2) is 4.98 Å². The van der Waals surface area contributed by atoms with E-state index in [1.165, 1.54) is 5.52 Å². The van der Waals surface area contributed by atoms with Gasteiger partial charge in [-0.3, -0.25) is 4.99 Å². The zero-order valence-electron chi connectivity index (χ0n) is 17.5. The minimum Gasteiger partial charge on any atom is -0.493 e. The second-order valence-electron chi connectivity index (χ2n) is 6.58. The largest absolute Gasteiger partial charge is 0.493 e. The highest BCUT2D eigenvalue weighted by Gasteiger charge is 2.08. The SMILES string of the molecule is CCOc1ccc(NC(=NC)NCCCn2c(C)nc3ccccc32)cc1OC. The molecular formula is C22H29N5O2. The average molecular weight is 396 g/mol. The van der Waals surface area contributed by atoms with Gasteiger partial charge in [0.15, 0.2) is 17.5 Å². The number of hydrogen-bond donors (Lipinski definition) is 2. The van der Waals surface area contributed by atoms with Crippen LogP contribution < -0.4 is 20.1 Å². The second kappa shape index (κ2) is 9.82. The molecule has 0 saturated carbocycles. The number of para-hydroxylation sites is 2. The van der Waals surface area contributed by atoms with Crippen LogP contribution in [0.1, 0.15) is 19.2 Å². The lowest BCUT2D eigenvalue weighted by atomic mass is 10.2. The van der Waals surface area contributed by atoms with Gasteiger partial charge in [-0.05, 0) is 44.5 Å². The maximum atomic E-state index is 5.56. The zero-order valence-corrected chi connectivity index (χ0v) is 17.5. The van der Waals surface area contributed by atoms with Crippen LogP contribution in [0.3, 0.4) is 0 Å².